The molecule has 1 saturated carbocycles. The van der Waals surface area contributed by atoms with Crippen molar-refractivity contribution < 1.29 is 9.90 Å². The Hall–Kier alpha value is -0.370. The van der Waals surface area contributed by atoms with Crippen LogP contribution in [0, 0.1) is 0 Å². The Morgan fingerprint density at radius 1 is 1.33 bits per heavy atom. The molecule has 0 amide bonds. The zero-order valence-corrected chi connectivity index (χ0v) is 7.96. The molecular formula is C10H20O2. The van der Waals surface area contributed by atoms with E-state index in [1.165, 1.54) is 19.3 Å². The fourth-order valence-electron chi connectivity index (χ4n) is 1.20. The van der Waals surface area contributed by atoms with Crippen LogP contribution in [0.25, 0.3) is 0 Å². The smallest absolute Gasteiger partial charge is 0.119 e. The quantitative estimate of drug-likeness (QED) is 0.649. The fraction of sp³-hybridized carbons (Fsp3) is 0.900. The summed E-state index contributed by atoms with van der Waals surface area (Å²) in [4.78, 5) is 9.40. The lowest BCUT2D eigenvalue weighted by Crippen LogP contribution is -2.09. The van der Waals surface area contributed by atoms with Gasteiger partial charge in [-0.2, -0.15) is 0 Å². The second-order valence-corrected chi connectivity index (χ2v) is 3.25. The SMILES string of the molecule is CCCC=O.OC1CCCCC1. The van der Waals surface area contributed by atoms with Crippen LogP contribution in [-0.2, 0) is 4.79 Å². The predicted octanol–water partition coefficient (Wildman–Crippen LogP) is 2.30. The van der Waals surface area contributed by atoms with Gasteiger partial charge in [-0.25, -0.2) is 0 Å². The maximum Gasteiger partial charge on any atom is 0.119 e. The van der Waals surface area contributed by atoms with Crippen LogP contribution in [0.4, 0.5) is 0 Å². The van der Waals surface area contributed by atoms with Gasteiger partial charge in [0.05, 0.1) is 6.10 Å². The first-order chi connectivity index (χ1) is 5.81. The molecule has 0 unspecified atom stereocenters. The van der Waals surface area contributed by atoms with E-state index in [9.17, 15) is 4.79 Å². The maximum absolute atomic E-state index is 9.40. The molecule has 1 fully saturated rings. The van der Waals surface area contributed by atoms with E-state index in [1.807, 2.05) is 6.92 Å². The van der Waals surface area contributed by atoms with E-state index in [2.05, 4.69) is 0 Å². The van der Waals surface area contributed by atoms with Gasteiger partial charge in [0, 0.05) is 6.42 Å². The van der Waals surface area contributed by atoms with Gasteiger partial charge >= 0.3 is 0 Å². The first kappa shape index (κ1) is 11.6. The van der Waals surface area contributed by atoms with E-state index in [4.69, 9.17) is 5.11 Å². The summed E-state index contributed by atoms with van der Waals surface area (Å²) in [5.74, 6) is 0. The Bertz CT molecular complexity index is 96.0. The number of aliphatic hydroxyl groups excluding tert-OH is 1. The summed E-state index contributed by atoms with van der Waals surface area (Å²) in [6, 6.07) is 0. The molecule has 0 radical (unpaired) electrons. The summed E-state index contributed by atoms with van der Waals surface area (Å²) in [5.41, 5.74) is 0. The molecule has 72 valence electrons. The van der Waals surface area contributed by atoms with Crippen molar-refractivity contribution in [2.75, 3.05) is 0 Å². The molecular weight excluding hydrogens is 152 g/mol. The zero-order chi connectivity index (χ0) is 9.23. The molecule has 0 bridgehead atoms. The molecule has 1 rings (SSSR count). The summed E-state index contributed by atoms with van der Waals surface area (Å²) < 4.78 is 0. The monoisotopic (exact) mass is 172 g/mol. The highest BCUT2D eigenvalue weighted by Crippen LogP contribution is 2.16. The molecule has 1 aliphatic carbocycles. The van der Waals surface area contributed by atoms with Gasteiger partial charge in [-0.15, -0.1) is 0 Å². The van der Waals surface area contributed by atoms with Gasteiger partial charge < -0.3 is 9.90 Å². The number of hydrogen-bond donors (Lipinski definition) is 1. The largest absolute Gasteiger partial charge is 0.393 e. The van der Waals surface area contributed by atoms with Crippen LogP contribution in [0.1, 0.15) is 51.9 Å². The lowest BCUT2D eigenvalue weighted by Gasteiger charge is -2.14. The third kappa shape index (κ3) is 7.73. The average molecular weight is 172 g/mol. The molecule has 12 heavy (non-hydrogen) atoms. The number of aldehydes is 1. The highest BCUT2D eigenvalue weighted by molar-refractivity contribution is 5.48. The highest BCUT2D eigenvalue weighted by atomic mass is 16.3. The molecule has 1 aliphatic rings. The van der Waals surface area contributed by atoms with Crippen LogP contribution in [-0.4, -0.2) is 17.5 Å². The van der Waals surface area contributed by atoms with Gasteiger partial charge in [0.2, 0.25) is 0 Å². The fourth-order valence-corrected chi connectivity index (χ4v) is 1.20. The number of rotatable bonds is 2. The van der Waals surface area contributed by atoms with Crippen LogP contribution in [0.2, 0.25) is 0 Å². The van der Waals surface area contributed by atoms with Gasteiger partial charge in [0.25, 0.3) is 0 Å². The standard InChI is InChI=1S/C6H12O.C4H8O/c7-6-4-2-1-3-5-6;1-2-3-4-5/h6-7H,1-5H2;4H,2-3H2,1H3. The van der Waals surface area contributed by atoms with Crippen molar-refractivity contribution in [3.63, 3.8) is 0 Å². The van der Waals surface area contributed by atoms with E-state index in [-0.39, 0.29) is 6.10 Å². The van der Waals surface area contributed by atoms with Crippen molar-refractivity contribution in [3.8, 4) is 0 Å². The first-order valence-corrected chi connectivity index (χ1v) is 4.93. The molecule has 2 nitrogen and oxygen atoms in total. The number of aliphatic hydroxyl groups is 1. The molecule has 2 heteroatoms. The maximum atomic E-state index is 9.40. The van der Waals surface area contributed by atoms with Crippen molar-refractivity contribution in [1.82, 2.24) is 0 Å². The summed E-state index contributed by atoms with van der Waals surface area (Å²) in [6.07, 6.45) is 8.54. The average Bonchev–Trinajstić information content (AvgIpc) is 2.08. The predicted molar refractivity (Wildman–Crippen MR) is 50.1 cm³/mol. The molecule has 0 aromatic rings. The van der Waals surface area contributed by atoms with Crippen LogP contribution in [0.5, 0.6) is 0 Å². The van der Waals surface area contributed by atoms with Crippen molar-refractivity contribution in [1.29, 1.82) is 0 Å². The van der Waals surface area contributed by atoms with Crippen molar-refractivity contribution in [2.45, 2.75) is 58.0 Å². The second kappa shape index (κ2) is 8.72. The van der Waals surface area contributed by atoms with E-state index < -0.39 is 0 Å². The Morgan fingerprint density at radius 3 is 2.08 bits per heavy atom. The van der Waals surface area contributed by atoms with Crippen LogP contribution < -0.4 is 0 Å². The third-order valence-corrected chi connectivity index (χ3v) is 1.98. The Labute approximate surface area is 75.0 Å². The van der Waals surface area contributed by atoms with Crippen LogP contribution in [0.15, 0.2) is 0 Å². The van der Waals surface area contributed by atoms with Crippen LogP contribution in [0.3, 0.4) is 0 Å². The normalized spacial score (nSPS) is 17.8. The summed E-state index contributed by atoms with van der Waals surface area (Å²) in [6.45, 7) is 1.98. The lowest BCUT2D eigenvalue weighted by atomic mass is 9.98. The summed E-state index contributed by atoms with van der Waals surface area (Å²) in [5, 5.41) is 8.91. The Morgan fingerprint density at radius 2 is 1.92 bits per heavy atom. The second-order valence-electron chi connectivity index (χ2n) is 3.25. The molecule has 0 heterocycles. The third-order valence-electron chi connectivity index (χ3n) is 1.98. The molecule has 1 N–H and O–H groups in total. The molecule has 0 aliphatic heterocycles. The minimum Gasteiger partial charge on any atom is -0.393 e. The van der Waals surface area contributed by atoms with Crippen LogP contribution >= 0.6 is 0 Å². The van der Waals surface area contributed by atoms with Gasteiger partial charge in [0.15, 0.2) is 0 Å². The van der Waals surface area contributed by atoms with Gasteiger partial charge in [-0.3, -0.25) is 0 Å². The van der Waals surface area contributed by atoms with E-state index in [0.29, 0.717) is 6.42 Å². The summed E-state index contributed by atoms with van der Waals surface area (Å²) >= 11 is 0. The van der Waals surface area contributed by atoms with E-state index in [1.54, 1.807) is 0 Å². The number of unbranched alkanes of at least 4 members (excludes halogenated alkanes) is 1. The van der Waals surface area contributed by atoms with Crippen molar-refractivity contribution >= 4 is 6.29 Å². The summed E-state index contributed by atoms with van der Waals surface area (Å²) in [7, 11) is 0. The van der Waals surface area contributed by atoms with E-state index >= 15 is 0 Å². The minimum absolute atomic E-state index is 0.0359. The van der Waals surface area contributed by atoms with Gasteiger partial charge in [0.1, 0.15) is 6.29 Å². The Kier molecular flexibility index (Phi) is 8.46. The molecule has 0 aromatic heterocycles. The molecule has 0 spiro atoms. The van der Waals surface area contributed by atoms with Gasteiger partial charge in [-0.1, -0.05) is 26.2 Å². The highest BCUT2D eigenvalue weighted by Gasteiger charge is 2.07. The number of carbonyl (C=O) groups excluding carboxylic acids is 1. The first-order valence-electron chi connectivity index (χ1n) is 4.93. The zero-order valence-electron chi connectivity index (χ0n) is 7.96. The van der Waals surface area contributed by atoms with Crippen molar-refractivity contribution in [2.24, 2.45) is 0 Å². The van der Waals surface area contributed by atoms with Gasteiger partial charge in [-0.05, 0) is 19.3 Å². The van der Waals surface area contributed by atoms with Crippen molar-refractivity contribution in [3.05, 3.63) is 0 Å². The lowest BCUT2D eigenvalue weighted by molar-refractivity contribution is -0.107. The number of hydrogen-bond acceptors (Lipinski definition) is 2. The topological polar surface area (TPSA) is 37.3 Å². The molecule has 0 atom stereocenters. The molecule has 0 aromatic carbocycles. The minimum atomic E-state index is 0.0359. The van der Waals surface area contributed by atoms with E-state index in [0.717, 1.165) is 25.5 Å². The molecule has 0 saturated heterocycles. The number of carbonyl (C=O) groups is 1. The Balaban J connectivity index is 0.000000217.